The van der Waals surface area contributed by atoms with Crippen molar-refractivity contribution >= 4 is 35.0 Å². The standard InChI is InChI=1S/C15H23ClN2OS/c1-3-4-5-6-11(2)18-15(19)10-20-12-7-8-14(17)13(16)9-12/h7-9,11H,3-6,10,17H2,1-2H3,(H,18,19). The van der Waals surface area contributed by atoms with Crippen molar-refractivity contribution in [2.75, 3.05) is 11.5 Å². The lowest BCUT2D eigenvalue weighted by Crippen LogP contribution is -2.33. The van der Waals surface area contributed by atoms with E-state index in [2.05, 4.69) is 19.2 Å². The van der Waals surface area contributed by atoms with Crippen LogP contribution in [0.5, 0.6) is 0 Å². The van der Waals surface area contributed by atoms with E-state index in [0.29, 0.717) is 16.5 Å². The van der Waals surface area contributed by atoms with Crippen molar-refractivity contribution in [2.24, 2.45) is 0 Å². The molecule has 0 saturated heterocycles. The number of nitrogens with one attached hydrogen (secondary N) is 1. The molecule has 0 heterocycles. The van der Waals surface area contributed by atoms with Crippen molar-refractivity contribution in [3.8, 4) is 0 Å². The fourth-order valence-corrected chi connectivity index (χ4v) is 2.83. The van der Waals surface area contributed by atoms with Crippen molar-refractivity contribution in [3.05, 3.63) is 23.2 Å². The summed E-state index contributed by atoms with van der Waals surface area (Å²) in [5, 5.41) is 3.55. The van der Waals surface area contributed by atoms with E-state index in [1.165, 1.54) is 31.0 Å². The van der Waals surface area contributed by atoms with E-state index in [-0.39, 0.29) is 11.9 Å². The molecule has 1 aromatic rings. The summed E-state index contributed by atoms with van der Waals surface area (Å²) in [5.74, 6) is 0.463. The van der Waals surface area contributed by atoms with Gasteiger partial charge in [-0.15, -0.1) is 11.8 Å². The van der Waals surface area contributed by atoms with Crippen LogP contribution in [0.1, 0.15) is 39.5 Å². The molecule has 0 saturated carbocycles. The van der Waals surface area contributed by atoms with Crippen molar-refractivity contribution in [2.45, 2.75) is 50.5 Å². The first kappa shape index (κ1) is 17.2. The lowest BCUT2D eigenvalue weighted by atomic mass is 10.1. The lowest BCUT2D eigenvalue weighted by molar-refractivity contribution is -0.119. The molecule has 3 nitrogen and oxygen atoms in total. The minimum Gasteiger partial charge on any atom is -0.398 e. The molecular weight excluding hydrogens is 292 g/mol. The molecule has 0 spiro atoms. The summed E-state index contributed by atoms with van der Waals surface area (Å²) in [6, 6.07) is 5.67. The Balaban J connectivity index is 2.30. The van der Waals surface area contributed by atoms with Gasteiger partial charge in [0.15, 0.2) is 0 Å². The summed E-state index contributed by atoms with van der Waals surface area (Å²) in [7, 11) is 0. The second-order valence-corrected chi connectivity index (χ2v) is 6.39. The van der Waals surface area contributed by atoms with Gasteiger partial charge in [-0.05, 0) is 31.5 Å². The van der Waals surface area contributed by atoms with Crippen molar-refractivity contribution < 1.29 is 4.79 Å². The molecule has 0 aliphatic heterocycles. The zero-order chi connectivity index (χ0) is 15.0. The number of unbranched alkanes of at least 4 members (excludes halogenated alkanes) is 2. The van der Waals surface area contributed by atoms with Crippen molar-refractivity contribution in [3.63, 3.8) is 0 Å². The predicted octanol–water partition coefficient (Wildman–Crippen LogP) is 4.10. The van der Waals surface area contributed by atoms with Gasteiger partial charge in [0, 0.05) is 10.9 Å². The number of amides is 1. The number of anilines is 1. The summed E-state index contributed by atoms with van der Waals surface area (Å²) in [6.07, 6.45) is 4.63. The van der Waals surface area contributed by atoms with Gasteiger partial charge in [-0.3, -0.25) is 4.79 Å². The molecule has 0 aromatic heterocycles. The zero-order valence-corrected chi connectivity index (χ0v) is 13.7. The van der Waals surface area contributed by atoms with Crippen LogP contribution in [0, 0.1) is 0 Å². The Morgan fingerprint density at radius 2 is 2.20 bits per heavy atom. The maximum Gasteiger partial charge on any atom is 0.230 e. The van der Waals surface area contributed by atoms with E-state index in [1.807, 2.05) is 6.07 Å². The van der Waals surface area contributed by atoms with Crippen LogP contribution in [0.2, 0.25) is 5.02 Å². The second kappa shape index (κ2) is 9.14. The fourth-order valence-electron chi connectivity index (χ4n) is 1.84. The van der Waals surface area contributed by atoms with Gasteiger partial charge in [-0.2, -0.15) is 0 Å². The molecular formula is C15H23ClN2OS. The minimum atomic E-state index is 0.0620. The molecule has 5 heteroatoms. The zero-order valence-electron chi connectivity index (χ0n) is 12.1. The predicted molar refractivity (Wildman–Crippen MR) is 88.3 cm³/mol. The Labute approximate surface area is 130 Å². The third kappa shape index (κ3) is 6.53. The lowest BCUT2D eigenvalue weighted by Gasteiger charge is -2.13. The van der Waals surface area contributed by atoms with Gasteiger partial charge in [0.05, 0.1) is 16.5 Å². The highest BCUT2D eigenvalue weighted by Crippen LogP contribution is 2.26. The molecule has 1 atom stereocenters. The quantitative estimate of drug-likeness (QED) is 0.431. The first-order chi connectivity index (χ1) is 9.52. The second-order valence-electron chi connectivity index (χ2n) is 4.94. The maximum absolute atomic E-state index is 11.8. The van der Waals surface area contributed by atoms with E-state index < -0.39 is 0 Å². The average Bonchev–Trinajstić information content (AvgIpc) is 2.40. The number of nitrogens with two attached hydrogens (primary N) is 1. The molecule has 20 heavy (non-hydrogen) atoms. The van der Waals surface area contributed by atoms with Crippen LogP contribution in [0.4, 0.5) is 5.69 Å². The molecule has 1 aromatic carbocycles. The first-order valence-corrected chi connectivity index (χ1v) is 8.36. The largest absolute Gasteiger partial charge is 0.398 e. The Bertz CT molecular complexity index is 440. The van der Waals surface area contributed by atoms with Crippen LogP contribution < -0.4 is 11.1 Å². The van der Waals surface area contributed by atoms with Gasteiger partial charge < -0.3 is 11.1 Å². The molecule has 0 radical (unpaired) electrons. The van der Waals surface area contributed by atoms with Crippen LogP contribution in [0.25, 0.3) is 0 Å². The number of rotatable bonds is 8. The molecule has 112 valence electrons. The number of nitrogen functional groups attached to an aromatic ring is 1. The summed E-state index contributed by atoms with van der Waals surface area (Å²) < 4.78 is 0. The number of carbonyl (C=O) groups excluding carboxylic acids is 1. The van der Waals surface area contributed by atoms with E-state index in [1.54, 1.807) is 12.1 Å². The van der Waals surface area contributed by atoms with Crippen LogP contribution >= 0.6 is 23.4 Å². The topological polar surface area (TPSA) is 55.1 Å². The molecule has 0 aliphatic carbocycles. The van der Waals surface area contributed by atoms with Crippen LogP contribution in [-0.4, -0.2) is 17.7 Å². The monoisotopic (exact) mass is 314 g/mol. The average molecular weight is 315 g/mol. The number of hydrogen-bond donors (Lipinski definition) is 2. The smallest absolute Gasteiger partial charge is 0.230 e. The van der Waals surface area contributed by atoms with Gasteiger partial charge >= 0.3 is 0 Å². The number of benzene rings is 1. The van der Waals surface area contributed by atoms with Crippen molar-refractivity contribution in [1.29, 1.82) is 0 Å². The highest BCUT2D eigenvalue weighted by atomic mass is 35.5. The van der Waals surface area contributed by atoms with Crippen LogP contribution in [0.15, 0.2) is 23.1 Å². The summed E-state index contributed by atoms with van der Waals surface area (Å²) in [5.41, 5.74) is 6.21. The van der Waals surface area contributed by atoms with Crippen molar-refractivity contribution in [1.82, 2.24) is 5.32 Å². The molecule has 1 unspecified atom stereocenters. The van der Waals surface area contributed by atoms with E-state index in [4.69, 9.17) is 17.3 Å². The van der Waals surface area contributed by atoms with Crippen LogP contribution in [0.3, 0.4) is 0 Å². The number of carbonyl (C=O) groups is 1. The van der Waals surface area contributed by atoms with Gasteiger partial charge in [0.25, 0.3) is 0 Å². The summed E-state index contributed by atoms with van der Waals surface area (Å²) in [4.78, 5) is 12.8. The van der Waals surface area contributed by atoms with Gasteiger partial charge in [-0.1, -0.05) is 37.8 Å². The summed E-state index contributed by atoms with van der Waals surface area (Å²) in [6.45, 7) is 4.23. The molecule has 0 aliphatic rings. The molecule has 3 N–H and O–H groups in total. The molecule has 0 fully saturated rings. The van der Waals surface area contributed by atoms with Gasteiger partial charge in [-0.25, -0.2) is 0 Å². The Kier molecular flexibility index (Phi) is 7.85. The number of hydrogen-bond acceptors (Lipinski definition) is 3. The third-order valence-corrected chi connectivity index (χ3v) is 4.31. The van der Waals surface area contributed by atoms with Gasteiger partial charge in [0.1, 0.15) is 0 Å². The third-order valence-electron chi connectivity index (χ3n) is 2.99. The first-order valence-electron chi connectivity index (χ1n) is 7.00. The van der Waals surface area contributed by atoms with E-state index in [9.17, 15) is 4.79 Å². The Hall–Kier alpha value is -0.870. The number of halogens is 1. The Morgan fingerprint density at radius 1 is 1.45 bits per heavy atom. The highest BCUT2D eigenvalue weighted by Gasteiger charge is 2.08. The fraction of sp³-hybridized carbons (Fsp3) is 0.533. The normalized spacial score (nSPS) is 12.2. The van der Waals surface area contributed by atoms with Gasteiger partial charge in [0.2, 0.25) is 5.91 Å². The SMILES string of the molecule is CCCCCC(C)NC(=O)CSc1ccc(N)c(Cl)c1. The van der Waals surface area contributed by atoms with Crippen LogP contribution in [-0.2, 0) is 4.79 Å². The number of thioether (sulfide) groups is 1. The summed E-state index contributed by atoms with van der Waals surface area (Å²) >= 11 is 7.42. The molecule has 1 rings (SSSR count). The Morgan fingerprint density at radius 3 is 2.85 bits per heavy atom. The highest BCUT2D eigenvalue weighted by molar-refractivity contribution is 8.00. The van der Waals surface area contributed by atoms with E-state index in [0.717, 1.165) is 11.3 Å². The minimum absolute atomic E-state index is 0.0620. The maximum atomic E-state index is 11.8. The van der Waals surface area contributed by atoms with E-state index >= 15 is 0 Å². The molecule has 1 amide bonds. The molecule has 0 bridgehead atoms.